The number of carbonyl (C=O) groups excluding carboxylic acids is 1. The first-order chi connectivity index (χ1) is 16.4. The molecular weight excluding hydrogens is 439 g/mol. The lowest BCUT2D eigenvalue weighted by atomic mass is 9.70. The Hall–Kier alpha value is -2.80. The van der Waals surface area contributed by atoms with E-state index in [9.17, 15) is 18.0 Å². The number of likely N-dealkylation sites (tertiary alicyclic amines) is 1. The van der Waals surface area contributed by atoms with Crippen molar-refractivity contribution in [2.45, 2.75) is 38.0 Å². The minimum atomic E-state index is -0.637. The summed E-state index contributed by atoms with van der Waals surface area (Å²) in [4.78, 5) is 17.8. The molecule has 7 heteroatoms. The molecule has 2 fully saturated rings. The van der Waals surface area contributed by atoms with Crippen LogP contribution in [0, 0.1) is 29.3 Å². The van der Waals surface area contributed by atoms with Gasteiger partial charge < -0.3 is 15.2 Å². The van der Waals surface area contributed by atoms with Crippen molar-refractivity contribution < 1.29 is 18.0 Å². The van der Waals surface area contributed by atoms with Gasteiger partial charge in [-0.2, -0.15) is 0 Å². The smallest absolute Gasteiger partial charge is 0.220 e. The number of hydrogen-bond donors (Lipinski definition) is 2. The molecule has 0 unspecified atom stereocenters. The number of fused-ring (bicyclic) bond motifs is 1. The summed E-state index contributed by atoms with van der Waals surface area (Å²) in [5.74, 6) is -0.588. The van der Waals surface area contributed by atoms with Gasteiger partial charge in [-0.05, 0) is 105 Å². The minimum Gasteiger partial charge on any atom is -0.356 e. The van der Waals surface area contributed by atoms with Gasteiger partial charge in [-0.25, -0.2) is 13.2 Å². The van der Waals surface area contributed by atoms with Gasteiger partial charge in [0.2, 0.25) is 5.91 Å². The van der Waals surface area contributed by atoms with Gasteiger partial charge in [-0.3, -0.25) is 4.79 Å². The molecule has 2 heterocycles. The van der Waals surface area contributed by atoms with E-state index in [4.69, 9.17) is 0 Å². The van der Waals surface area contributed by atoms with Crippen LogP contribution in [0.2, 0.25) is 0 Å². The molecule has 0 radical (unpaired) electrons. The van der Waals surface area contributed by atoms with Crippen molar-refractivity contribution in [2.75, 3.05) is 26.7 Å². The van der Waals surface area contributed by atoms with E-state index >= 15 is 0 Å². The Kier molecular flexibility index (Phi) is 6.38. The molecule has 4 nitrogen and oxygen atoms in total. The number of H-pyrrole nitrogens is 1. The molecule has 1 amide bonds. The number of aromatic amines is 1. The molecule has 1 aliphatic heterocycles. The Bertz CT molecular complexity index is 1180. The van der Waals surface area contributed by atoms with Crippen molar-refractivity contribution >= 4 is 16.8 Å². The number of piperidine rings is 1. The fourth-order valence-corrected chi connectivity index (χ4v) is 5.51. The maximum atomic E-state index is 14.5. The van der Waals surface area contributed by atoms with Crippen molar-refractivity contribution in [1.29, 1.82) is 0 Å². The number of aromatic nitrogens is 1. The van der Waals surface area contributed by atoms with Crippen molar-refractivity contribution in [3.8, 4) is 11.3 Å². The van der Waals surface area contributed by atoms with Crippen LogP contribution >= 0.6 is 0 Å². The van der Waals surface area contributed by atoms with E-state index in [1.165, 1.54) is 18.2 Å². The summed E-state index contributed by atoms with van der Waals surface area (Å²) in [5.41, 5.74) is 2.58. The zero-order chi connectivity index (χ0) is 23.8. The van der Waals surface area contributed by atoms with Crippen LogP contribution in [-0.4, -0.2) is 42.5 Å². The Morgan fingerprint density at radius 3 is 2.44 bits per heavy atom. The first-order valence-corrected chi connectivity index (χ1v) is 12.1. The standard InChI is InChI=1S/C27H30F3N3O/c1-33-8-6-16(7-9-33)12-24(34)31-15-17-10-19(11-17)25-22-13-21(29)14-23(30)27(22)32-26(25)18-2-4-20(28)5-3-18/h2-5,13-14,16-17,19,32H,6-12,15H2,1H3,(H,31,34). The number of hydrogen-bond acceptors (Lipinski definition) is 2. The molecule has 1 saturated carbocycles. The van der Waals surface area contributed by atoms with Gasteiger partial charge in [-0.1, -0.05) is 0 Å². The first kappa shape index (κ1) is 23.0. The average Bonchev–Trinajstić information content (AvgIpc) is 3.14. The lowest BCUT2D eigenvalue weighted by Crippen LogP contribution is -2.37. The van der Waals surface area contributed by atoms with Crippen LogP contribution in [0.1, 0.15) is 43.6 Å². The van der Waals surface area contributed by atoms with Gasteiger partial charge in [0.25, 0.3) is 0 Å². The molecule has 34 heavy (non-hydrogen) atoms. The zero-order valence-electron chi connectivity index (χ0n) is 19.3. The molecule has 0 atom stereocenters. The lowest BCUT2D eigenvalue weighted by molar-refractivity contribution is -0.122. The van der Waals surface area contributed by atoms with Gasteiger partial charge in [-0.15, -0.1) is 0 Å². The Labute approximate surface area is 197 Å². The van der Waals surface area contributed by atoms with E-state index in [1.54, 1.807) is 12.1 Å². The van der Waals surface area contributed by atoms with Gasteiger partial charge in [0.15, 0.2) is 0 Å². The molecule has 1 aliphatic carbocycles. The molecule has 1 aromatic heterocycles. The van der Waals surface area contributed by atoms with Crippen LogP contribution in [0.3, 0.4) is 0 Å². The van der Waals surface area contributed by atoms with Crippen LogP contribution in [0.4, 0.5) is 13.2 Å². The number of halogens is 3. The van der Waals surface area contributed by atoms with Crippen molar-refractivity contribution in [2.24, 2.45) is 11.8 Å². The lowest BCUT2D eigenvalue weighted by Gasteiger charge is -2.36. The Morgan fingerprint density at radius 2 is 1.74 bits per heavy atom. The highest BCUT2D eigenvalue weighted by Gasteiger charge is 2.35. The second kappa shape index (κ2) is 9.45. The third kappa shape index (κ3) is 4.71. The highest BCUT2D eigenvalue weighted by atomic mass is 19.1. The molecule has 0 bridgehead atoms. The fraction of sp³-hybridized carbons (Fsp3) is 0.444. The predicted octanol–water partition coefficient (Wildman–Crippen LogP) is 5.59. The topological polar surface area (TPSA) is 48.1 Å². The maximum Gasteiger partial charge on any atom is 0.220 e. The molecular formula is C27H30F3N3O. The average molecular weight is 470 g/mol. The second-order valence-electron chi connectivity index (χ2n) is 10.0. The van der Waals surface area contributed by atoms with Crippen LogP contribution in [0.5, 0.6) is 0 Å². The summed E-state index contributed by atoms with van der Waals surface area (Å²) in [6.45, 7) is 2.72. The molecule has 180 valence electrons. The number of nitrogens with zero attached hydrogens (tertiary/aromatic N) is 1. The summed E-state index contributed by atoms with van der Waals surface area (Å²) in [6.07, 6.45) is 4.37. The number of carbonyl (C=O) groups is 1. The van der Waals surface area contributed by atoms with E-state index in [1.807, 2.05) is 0 Å². The summed E-state index contributed by atoms with van der Waals surface area (Å²) in [5, 5.41) is 3.63. The van der Waals surface area contributed by atoms with Gasteiger partial charge >= 0.3 is 0 Å². The minimum absolute atomic E-state index is 0.112. The largest absolute Gasteiger partial charge is 0.356 e. The van der Waals surface area contributed by atoms with Crippen LogP contribution < -0.4 is 5.32 Å². The molecule has 2 N–H and O–H groups in total. The Balaban J connectivity index is 1.27. The van der Waals surface area contributed by atoms with Crippen LogP contribution in [0.15, 0.2) is 36.4 Å². The van der Waals surface area contributed by atoms with Gasteiger partial charge in [0.1, 0.15) is 17.5 Å². The molecule has 1 saturated heterocycles. The molecule has 3 aromatic rings. The van der Waals surface area contributed by atoms with Crippen LogP contribution in [0.25, 0.3) is 22.2 Å². The Morgan fingerprint density at radius 1 is 1.03 bits per heavy atom. The van der Waals surface area contributed by atoms with E-state index in [0.29, 0.717) is 35.9 Å². The molecule has 5 rings (SSSR count). The highest BCUT2D eigenvalue weighted by Crippen LogP contribution is 2.48. The second-order valence-corrected chi connectivity index (χ2v) is 10.0. The molecule has 2 aliphatic rings. The summed E-state index contributed by atoms with van der Waals surface area (Å²) in [7, 11) is 2.11. The van der Waals surface area contributed by atoms with Crippen molar-refractivity contribution in [1.82, 2.24) is 15.2 Å². The monoisotopic (exact) mass is 469 g/mol. The van der Waals surface area contributed by atoms with Gasteiger partial charge in [0.05, 0.1) is 11.2 Å². The highest BCUT2D eigenvalue weighted by molar-refractivity contribution is 5.92. The first-order valence-electron chi connectivity index (χ1n) is 12.1. The van der Waals surface area contributed by atoms with E-state index in [-0.39, 0.29) is 23.2 Å². The number of rotatable bonds is 6. The summed E-state index contributed by atoms with van der Waals surface area (Å²) < 4.78 is 42.1. The number of benzene rings is 2. The predicted molar refractivity (Wildman–Crippen MR) is 127 cm³/mol. The van der Waals surface area contributed by atoms with Crippen LogP contribution in [-0.2, 0) is 4.79 Å². The quantitative estimate of drug-likeness (QED) is 0.494. The van der Waals surface area contributed by atoms with Crippen molar-refractivity contribution in [3.63, 3.8) is 0 Å². The third-order valence-electron chi connectivity index (χ3n) is 7.54. The summed E-state index contributed by atoms with van der Waals surface area (Å²) >= 11 is 0. The summed E-state index contributed by atoms with van der Waals surface area (Å²) in [6, 6.07) is 8.28. The molecule has 0 spiro atoms. The number of nitrogens with one attached hydrogen (secondary N) is 2. The van der Waals surface area contributed by atoms with Gasteiger partial charge in [0, 0.05) is 24.4 Å². The normalized spacial score (nSPS) is 21.5. The number of amides is 1. The van der Waals surface area contributed by atoms with E-state index in [2.05, 4.69) is 22.2 Å². The van der Waals surface area contributed by atoms with Crippen molar-refractivity contribution in [3.05, 3.63) is 59.4 Å². The zero-order valence-corrected chi connectivity index (χ0v) is 19.3. The van der Waals surface area contributed by atoms with E-state index < -0.39 is 11.6 Å². The maximum absolute atomic E-state index is 14.5. The molecule has 2 aromatic carbocycles. The third-order valence-corrected chi connectivity index (χ3v) is 7.54. The van der Waals surface area contributed by atoms with E-state index in [0.717, 1.165) is 56.0 Å². The fourth-order valence-electron chi connectivity index (χ4n) is 5.51. The SMILES string of the molecule is CN1CCC(CC(=O)NCC2CC(c3c(-c4ccc(F)cc4)[nH]c4c(F)cc(F)cc34)C2)CC1.